The van der Waals surface area contributed by atoms with Crippen molar-refractivity contribution in [2.45, 2.75) is 6.36 Å². The number of hydrogen-bond donors (Lipinski definition) is 1. The number of carbonyl (C=O) groups is 1. The minimum Gasteiger partial charge on any atom is -0.423 e. The maximum absolute atomic E-state index is 12.2. The molecule has 0 radical (unpaired) electrons. The summed E-state index contributed by atoms with van der Waals surface area (Å²) < 4.78 is 45.6. The first kappa shape index (κ1) is 16.6. The van der Waals surface area contributed by atoms with Crippen LogP contribution < -0.4 is 16.1 Å². The number of halogens is 3. The lowest BCUT2D eigenvalue weighted by atomic mass is 10.0. The molecule has 1 heterocycles. The van der Waals surface area contributed by atoms with Gasteiger partial charge >= 0.3 is 12.0 Å². The number of primary amides is 1. The standard InChI is InChI=1S/C17H10F3NO4/c18-17(19,20)25-11-4-1-9(2-5-11)12-8-15(22)24-14-6-3-10(16(21)23)7-13(12)14/h1-8H,(H2,21,23). The first-order chi connectivity index (χ1) is 11.7. The van der Waals surface area contributed by atoms with Gasteiger partial charge in [0.25, 0.3) is 0 Å². The minimum atomic E-state index is -4.79. The Morgan fingerprint density at radius 1 is 1.04 bits per heavy atom. The van der Waals surface area contributed by atoms with Crippen LogP contribution in [0.25, 0.3) is 22.1 Å². The fourth-order valence-electron chi connectivity index (χ4n) is 2.39. The van der Waals surface area contributed by atoms with E-state index in [-0.39, 0.29) is 16.9 Å². The number of hydrogen-bond acceptors (Lipinski definition) is 4. The third kappa shape index (κ3) is 3.63. The predicted octanol–water partition coefficient (Wildman–Crippen LogP) is 3.46. The Kier molecular flexibility index (Phi) is 3.96. The van der Waals surface area contributed by atoms with Gasteiger partial charge in [-0.15, -0.1) is 13.2 Å². The van der Waals surface area contributed by atoms with Gasteiger partial charge in [-0.05, 0) is 41.5 Å². The van der Waals surface area contributed by atoms with Gasteiger partial charge in [-0.2, -0.15) is 0 Å². The third-order valence-corrected chi connectivity index (χ3v) is 3.43. The molecular weight excluding hydrogens is 339 g/mol. The van der Waals surface area contributed by atoms with E-state index in [2.05, 4.69) is 4.74 Å². The Morgan fingerprint density at radius 2 is 1.72 bits per heavy atom. The van der Waals surface area contributed by atoms with Crippen LogP contribution in [0.1, 0.15) is 10.4 Å². The van der Waals surface area contributed by atoms with E-state index in [0.717, 1.165) is 12.1 Å². The van der Waals surface area contributed by atoms with Crippen molar-refractivity contribution >= 4 is 16.9 Å². The molecule has 0 saturated heterocycles. The molecule has 0 fully saturated rings. The first-order valence-corrected chi connectivity index (χ1v) is 6.97. The zero-order valence-corrected chi connectivity index (χ0v) is 12.5. The molecule has 5 nitrogen and oxygen atoms in total. The van der Waals surface area contributed by atoms with Gasteiger partial charge in [-0.1, -0.05) is 12.1 Å². The molecular formula is C17H10F3NO4. The van der Waals surface area contributed by atoms with E-state index in [1.54, 1.807) is 0 Å². The Morgan fingerprint density at radius 3 is 2.32 bits per heavy atom. The maximum Gasteiger partial charge on any atom is 0.573 e. The zero-order valence-electron chi connectivity index (χ0n) is 12.5. The van der Waals surface area contributed by atoms with Crippen molar-refractivity contribution in [3.8, 4) is 16.9 Å². The normalized spacial score (nSPS) is 11.5. The van der Waals surface area contributed by atoms with Crippen molar-refractivity contribution in [2.75, 3.05) is 0 Å². The molecule has 1 aromatic heterocycles. The Bertz CT molecular complexity index is 1010. The number of carbonyl (C=O) groups excluding carboxylic acids is 1. The van der Waals surface area contributed by atoms with Crippen molar-refractivity contribution < 1.29 is 27.1 Å². The molecule has 3 rings (SSSR count). The highest BCUT2D eigenvalue weighted by molar-refractivity contribution is 6.00. The van der Waals surface area contributed by atoms with Gasteiger partial charge in [-0.3, -0.25) is 4.79 Å². The Hall–Kier alpha value is -3.29. The average molecular weight is 349 g/mol. The molecule has 0 unspecified atom stereocenters. The SMILES string of the molecule is NC(=O)c1ccc2oc(=O)cc(-c3ccc(OC(F)(F)F)cc3)c2c1. The molecule has 2 aromatic carbocycles. The van der Waals surface area contributed by atoms with Gasteiger partial charge in [0, 0.05) is 17.0 Å². The van der Waals surface area contributed by atoms with Crippen molar-refractivity contribution in [3.63, 3.8) is 0 Å². The summed E-state index contributed by atoms with van der Waals surface area (Å²) in [6, 6.07) is 10.5. The van der Waals surface area contributed by atoms with Crippen LogP contribution in [-0.4, -0.2) is 12.3 Å². The fourth-order valence-corrected chi connectivity index (χ4v) is 2.39. The second kappa shape index (κ2) is 5.97. The fraction of sp³-hybridized carbons (Fsp3) is 0.0588. The molecule has 1 amide bonds. The van der Waals surface area contributed by atoms with Crippen LogP contribution in [0.2, 0.25) is 0 Å². The second-order valence-corrected chi connectivity index (χ2v) is 5.13. The number of amides is 1. The molecule has 0 aliphatic rings. The topological polar surface area (TPSA) is 82.5 Å². The van der Waals surface area contributed by atoms with E-state index in [1.807, 2.05) is 0 Å². The lowest BCUT2D eigenvalue weighted by Crippen LogP contribution is -2.16. The van der Waals surface area contributed by atoms with Crippen molar-refractivity contribution in [1.29, 1.82) is 0 Å². The number of alkyl halides is 3. The summed E-state index contributed by atoms with van der Waals surface area (Å²) >= 11 is 0. The molecule has 3 aromatic rings. The highest BCUT2D eigenvalue weighted by Crippen LogP contribution is 2.30. The number of benzene rings is 2. The largest absolute Gasteiger partial charge is 0.573 e. The number of fused-ring (bicyclic) bond motifs is 1. The van der Waals surface area contributed by atoms with Crippen LogP contribution in [0.5, 0.6) is 5.75 Å². The van der Waals surface area contributed by atoms with Crippen LogP contribution in [0.3, 0.4) is 0 Å². The molecule has 128 valence electrons. The van der Waals surface area contributed by atoms with Crippen LogP contribution in [0.4, 0.5) is 13.2 Å². The molecule has 0 saturated carbocycles. The van der Waals surface area contributed by atoms with Crippen LogP contribution in [0, 0.1) is 0 Å². The number of nitrogens with two attached hydrogens (primary N) is 1. The molecule has 0 spiro atoms. The van der Waals surface area contributed by atoms with Gasteiger partial charge in [0.1, 0.15) is 11.3 Å². The summed E-state index contributed by atoms with van der Waals surface area (Å²) in [7, 11) is 0. The van der Waals surface area contributed by atoms with Gasteiger partial charge < -0.3 is 14.9 Å². The van der Waals surface area contributed by atoms with Gasteiger partial charge in [0.05, 0.1) is 0 Å². The van der Waals surface area contributed by atoms with Crippen molar-refractivity contribution in [1.82, 2.24) is 0 Å². The Labute approximate surface area is 138 Å². The predicted molar refractivity (Wildman–Crippen MR) is 83.1 cm³/mol. The van der Waals surface area contributed by atoms with E-state index in [1.165, 1.54) is 36.4 Å². The van der Waals surface area contributed by atoms with Crippen molar-refractivity contribution in [3.05, 3.63) is 64.5 Å². The van der Waals surface area contributed by atoms with Crippen molar-refractivity contribution in [2.24, 2.45) is 5.73 Å². The lowest BCUT2D eigenvalue weighted by Gasteiger charge is -2.10. The summed E-state index contributed by atoms with van der Waals surface area (Å²) in [5, 5.41) is 0.431. The summed E-state index contributed by atoms with van der Waals surface area (Å²) in [6.07, 6.45) is -4.79. The van der Waals surface area contributed by atoms with E-state index < -0.39 is 17.9 Å². The molecule has 0 atom stereocenters. The van der Waals surface area contributed by atoms with E-state index >= 15 is 0 Å². The first-order valence-electron chi connectivity index (χ1n) is 6.97. The molecule has 25 heavy (non-hydrogen) atoms. The molecule has 0 aliphatic carbocycles. The molecule has 8 heteroatoms. The summed E-state index contributed by atoms with van der Waals surface area (Å²) in [5.41, 5.74) is 5.90. The van der Waals surface area contributed by atoms with Gasteiger partial charge in [0.15, 0.2) is 0 Å². The minimum absolute atomic E-state index is 0.208. The average Bonchev–Trinajstić information content (AvgIpc) is 2.53. The third-order valence-electron chi connectivity index (χ3n) is 3.43. The quantitative estimate of drug-likeness (QED) is 0.734. The van der Waals surface area contributed by atoms with Crippen LogP contribution in [-0.2, 0) is 0 Å². The number of ether oxygens (including phenoxy) is 1. The monoisotopic (exact) mass is 349 g/mol. The van der Waals surface area contributed by atoms with Crippen LogP contribution in [0.15, 0.2) is 57.7 Å². The van der Waals surface area contributed by atoms with Crippen LogP contribution >= 0.6 is 0 Å². The summed E-state index contributed by atoms with van der Waals surface area (Å²) in [4.78, 5) is 23.1. The van der Waals surface area contributed by atoms with E-state index in [0.29, 0.717) is 16.5 Å². The smallest absolute Gasteiger partial charge is 0.423 e. The highest BCUT2D eigenvalue weighted by atomic mass is 19.4. The summed E-state index contributed by atoms with van der Waals surface area (Å²) in [6.45, 7) is 0. The molecule has 0 bridgehead atoms. The molecule has 0 aliphatic heterocycles. The van der Waals surface area contributed by atoms with Gasteiger partial charge in [0.2, 0.25) is 5.91 Å². The molecule has 2 N–H and O–H groups in total. The summed E-state index contributed by atoms with van der Waals surface area (Å²) in [5.74, 6) is -1.05. The highest BCUT2D eigenvalue weighted by Gasteiger charge is 2.31. The Balaban J connectivity index is 2.12. The second-order valence-electron chi connectivity index (χ2n) is 5.13. The van der Waals surface area contributed by atoms with Gasteiger partial charge in [-0.25, -0.2) is 4.79 Å². The maximum atomic E-state index is 12.2. The number of rotatable bonds is 3. The van der Waals surface area contributed by atoms with E-state index in [4.69, 9.17) is 10.2 Å². The lowest BCUT2D eigenvalue weighted by molar-refractivity contribution is -0.274. The zero-order chi connectivity index (χ0) is 18.2. The van der Waals surface area contributed by atoms with E-state index in [9.17, 15) is 22.8 Å².